The predicted molar refractivity (Wildman–Crippen MR) is 98.6 cm³/mol. The number of unbranched alkanes of at least 4 members (excludes halogenated alkanes) is 1. The zero-order valence-corrected chi connectivity index (χ0v) is 15.1. The molecule has 25 heavy (non-hydrogen) atoms. The van der Waals surface area contributed by atoms with Crippen molar-refractivity contribution in [3.05, 3.63) is 46.6 Å². The van der Waals surface area contributed by atoms with E-state index >= 15 is 0 Å². The molecule has 0 unspecified atom stereocenters. The zero-order chi connectivity index (χ0) is 17.6. The van der Waals surface area contributed by atoms with Gasteiger partial charge in [0.25, 0.3) is 5.91 Å². The topological polar surface area (TPSA) is 76.1 Å². The second-order valence-electron chi connectivity index (χ2n) is 6.40. The molecule has 0 saturated heterocycles. The molecule has 3 rings (SSSR count). The summed E-state index contributed by atoms with van der Waals surface area (Å²) >= 11 is 1.52. The summed E-state index contributed by atoms with van der Waals surface area (Å²) in [5.74, 6) is -0.477. The highest BCUT2D eigenvalue weighted by Gasteiger charge is 2.24. The fourth-order valence-electron chi connectivity index (χ4n) is 3.27. The van der Waals surface area contributed by atoms with Crippen LogP contribution < -0.4 is 15.6 Å². The number of fused-ring (bicyclic) bond motifs is 1. The molecule has 6 heteroatoms. The summed E-state index contributed by atoms with van der Waals surface area (Å²) in [5, 5.41) is 3.56. The number of anilines is 1. The molecule has 2 amide bonds. The van der Waals surface area contributed by atoms with Crippen LogP contribution in [0.15, 0.2) is 30.6 Å². The normalized spacial score (nSPS) is 13.3. The number of hydrogen-bond donors (Lipinski definition) is 2. The van der Waals surface area contributed by atoms with Crippen molar-refractivity contribution in [2.45, 2.75) is 51.5 Å². The average Bonchev–Trinajstić information content (AvgIpc) is 2.97. The summed E-state index contributed by atoms with van der Waals surface area (Å²) in [6, 6.07) is 5.98. The van der Waals surface area contributed by atoms with Gasteiger partial charge in [-0.3, -0.25) is 9.59 Å². The predicted octanol–water partition coefficient (Wildman–Crippen LogP) is 2.82. The molecular weight excluding hydrogens is 334 g/mol. The number of nitrogens with two attached hydrogens (primary N) is 1. The van der Waals surface area contributed by atoms with E-state index < -0.39 is 5.91 Å². The summed E-state index contributed by atoms with van der Waals surface area (Å²) in [5.41, 5.74) is 7.15. The molecule has 0 spiro atoms. The first-order valence-corrected chi connectivity index (χ1v) is 9.65. The number of aromatic nitrogens is 1. The third kappa shape index (κ3) is 4.45. The van der Waals surface area contributed by atoms with Crippen molar-refractivity contribution in [1.29, 1.82) is 0 Å². The van der Waals surface area contributed by atoms with Crippen molar-refractivity contribution in [2.75, 3.05) is 5.32 Å². The summed E-state index contributed by atoms with van der Waals surface area (Å²) in [6.07, 6.45) is 10.3. The Morgan fingerprint density at radius 2 is 1.88 bits per heavy atom. The second kappa shape index (κ2) is 8.25. The van der Waals surface area contributed by atoms with Crippen molar-refractivity contribution in [3.63, 3.8) is 0 Å². The summed E-state index contributed by atoms with van der Waals surface area (Å²) in [7, 11) is 0. The van der Waals surface area contributed by atoms with Crippen LogP contribution in [0.2, 0.25) is 0 Å². The number of pyridine rings is 1. The Morgan fingerprint density at radius 1 is 1.12 bits per heavy atom. The highest BCUT2D eigenvalue weighted by Crippen LogP contribution is 2.37. The van der Waals surface area contributed by atoms with Crippen molar-refractivity contribution in [1.82, 2.24) is 0 Å². The van der Waals surface area contributed by atoms with E-state index in [1.54, 1.807) is 0 Å². The molecule has 0 bridgehead atoms. The number of carbonyl (C=O) groups excluding carboxylic acids is 2. The first-order chi connectivity index (χ1) is 12.1. The third-order valence-corrected chi connectivity index (χ3v) is 5.73. The van der Waals surface area contributed by atoms with Gasteiger partial charge in [-0.15, -0.1) is 11.3 Å². The van der Waals surface area contributed by atoms with E-state index in [-0.39, 0.29) is 5.91 Å². The van der Waals surface area contributed by atoms with E-state index in [0.717, 1.165) is 50.6 Å². The molecule has 5 nitrogen and oxygen atoms in total. The molecule has 1 aliphatic rings. The van der Waals surface area contributed by atoms with Crippen LogP contribution >= 0.6 is 11.3 Å². The van der Waals surface area contributed by atoms with Crippen molar-refractivity contribution in [3.8, 4) is 0 Å². The van der Waals surface area contributed by atoms with Gasteiger partial charge in [0.2, 0.25) is 5.91 Å². The lowest BCUT2D eigenvalue weighted by Gasteiger charge is -2.11. The van der Waals surface area contributed by atoms with Crippen LogP contribution in [0.4, 0.5) is 5.00 Å². The van der Waals surface area contributed by atoms with Crippen molar-refractivity contribution in [2.24, 2.45) is 5.73 Å². The quantitative estimate of drug-likeness (QED) is 0.590. The smallest absolute Gasteiger partial charge is 0.251 e. The van der Waals surface area contributed by atoms with Gasteiger partial charge in [0.05, 0.1) is 5.56 Å². The number of aryl methyl sites for hydroxylation is 2. The lowest BCUT2D eigenvalue weighted by Crippen LogP contribution is -2.32. The van der Waals surface area contributed by atoms with Crippen LogP contribution in [0, 0.1) is 0 Å². The van der Waals surface area contributed by atoms with E-state index in [1.165, 1.54) is 16.2 Å². The number of nitrogens with one attached hydrogen (secondary N) is 1. The molecule has 0 radical (unpaired) electrons. The van der Waals surface area contributed by atoms with Crippen molar-refractivity contribution >= 4 is 28.2 Å². The number of primary amides is 1. The number of thiophene rings is 1. The van der Waals surface area contributed by atoms with E-state index in [1.807, 2.05) is 30.6 Å². The van der Waals surface area contributed by atoms with Crippen molar-refractivity contribution < 1.29 is 14.2 Å². The lowest BCUT2D eigenvalue weighted by atomic mass is 9.95. The number of amides is 2. The fourth-order valence-corrected chi connectivity index (χ4v) is 4.58. The molecule has 0 aromatic carbocycles. The Kier molecular flexibility index (Phi) is 5.81. The fraction of sp³-hybridized carbons (Fsp3) is 0.421. The van der Waals surface area contributed by atoms with Gasteiger partial charge in [0, 0.05) is 29.9 Å². The molecule has 0 atom stereocenters. The molecule has 0 aliphatic heterocycles. The molecule has 2 aromatic rings. The SMILES string of the molecule is NC(=O)c1c(NC(=O)CCCC[n+]2ccccc2)sc2c1CCCC2. The summed E-state index contributed by atoms with van der Waals surface area (Å²) < 4.78 is 2.11. The number of rotatable bonds is 7. The zero-order valence-electron chi connectivity index (χ0n) is 14.3. The van der Waals surface area contributed by atoms with Gasteiger partial charge in [-0.2, -0.15) is 0 Å². The monoisotopic (exact) mass is 358 g/mol. The van der Waals surface area contributed by atoms with Gasteiger partial charge in [-0.1, -0.05) is 6.07 Å². The average molecular weight is 358 g/mol. The van der Waals surface area contributed by atoms with Crippen LogP contribution in [0.25, 0.3) is 0 Å². The lowest BCUT2D eigenvalue weighted by molar-refractivity contribution is -0.697. The summed E-state index contributed by atoms with van der Waals surface area (Å²) in [6.45, 7) is 0.897. The molecular formula is C19H24N3O2S+. The van der Waals surface area contributed by atoms with Crippen LogP contribution in [-0.4, -0.2) is 11.8 Å². The molecule has 0 fully saturated rings. The van der Waals surface area contributed by atoms with Gasteiger partial charge in [0.15, 0.2) is 12.4 Å². The minimum Gasteiger partial charge on any atom is -0.365 e. The summed E-state index contributed by atoms with van der Waals surface area (Å²) in [4.78, 5) is 25.3. The van der Waals surface area contributed by atoms with Crippen LogP contribution in [0.3, 0.4) is 0 Å². The Labute approximate surface area is 151 Å². The van der Waals surface area contributed by atoms with E-state index in [9.17, 15) is 9.59 Å². The highest BCUT2D eigenvalue weighted by molar-refractivity contribution is 7.17. The van der Waals surface area contributed by atoms with Gasteiger partial charge in [-0.05, 0) is 37.7 Å². The minimum atomic E-state index is -0.435. The maximum absolute atomic E-state index is 12.2. The second-order valence-corrected chi connectivity index (χ2v) is 7.50. The van der Waals surface area contributed by atoms with Gasteiger partial charge >= 0.3 is 0 Å². The van der Waals surface area contributed by atoms with Crippen LogP contribution in [0.1, 0.15) is 52.9 Å². The van der Waals surface area contributed by atoms with E-state index in [2.05, 4.69) is 9.88 Å². The van der Waals surface area contributed by atoms with Gasteiger partial charge in [0.1, 0.15) is 11.5 Å². The molecule has 3 N–H and O–H groups in total. The Bertz CT molecular complexity index is 756. The minimum absolute atomic E-state index is 0.0424. The van der Waals surface area contributed by atoms with E-state index in [0.29, 0.717) is 17.0 Å². The maximum Gasteiger partial charge on any atom is 0.251 e. The van der Waals surface area contributed by atoms with Crippen LogP contribution in [0.5, 0.6) is 0 Å². The number of hydrogen-bond acceptors (Lipinski definition) is 3. The van der Waals surface area contributed by atoms with E-state index in [4.69, 9.17) is 5.73 Å². The molecule has 2 heterocycles. The number of carbonyl (C=O) groups is 2. The molecule has 0 saturated carbocycles. The molecule has 132 valence electrons. The van der Waals surface area contributed by atoms with Crippen LogP contribution in [-0.2, 0) is 24.2 Å². The van der Waals surface area contributed by atoms with Gasteiger partial charge in [-0.25, -0.2) is 4.57 Å². The Hall–Kier alpha value is -2.21. The Morgan fingerprint density at radius 3 is 2.64 bits per heavy atom. The van der Waals surface area contributed by atoms with Gasteiger partial charge < -0.3 is 11.1 Å². The molecule has 2 aromatic heterocycles. The maximum atomic E-state index is 12.2. The highest BCUT2D eigenvalue weighted by atomic mass is 32.1. The third-order valence-electron chi connectivity index (χ3n) is 4.52. The first-order valence-electron chi connectivity index (χ1n) is 8.83. The standard InChI is InChI=1S/C19H23N3O2S/c20-18(24)17-14-8-2-3-9-15(14)25-19(17)21-16(23)10-4-7-13-22-11-5-1-6-12-22/h1,5-6,11-12H,2-4,7-10,13H2,(H2-,20,21,23,24)/p+1. The number of nitrogens with zero attached hydrogens (tertiary/aromatic N) is 1. The first kappa shape index (κ1) is 17.6. The largest absolute Gasteiger partial charge is 0.365 e. The molecule has 1 aliphatic carbocycles. The Balaban J connectivity index is 1.54.